The molecule has 1 heterocycles. The van der Waals surface area contributed by atoms with Gasteiger partial charge in [0.25, 0.3) is 5.91 Å². The number of fused-ring (bicyclic) bond motifs is 1. The normalized spacial score (nSPS) is 15.4. The van der Waals surface area contributed by atoms with Crippen LogP contribution in [0, 0.1) is 0 Å². The zero-order valence-electron chi connectivity index (χ0n) is 13.4. The molecule has 0 spiro atoms. The number of hydrogen-bond acceptors (Lipinski definition) is 4. The van der Waals surface area contributed by atoms with Gasteiger partial charge in [0.2, 0.25) is 0 Å². The topological polar surface area (TPSA) is 68.5 Å². The van der Waals surface area contributed by atoms with Crippen molar-refractivity contribution in [3.8, 4) is 0 Å². The molecule has 0 bridgehead atoms. The van der Waals surface area contributed by atoms with Gasteiger partial charge in [-0.1, -0.05) is 19.1 Å². The van der Waals surface area contributed by atoms with E-state index < -0.39 is 12.1 Å². The molecule has 3 rings (SSSR count). The van der Waals surface area contributed by atoms with E-state index in [4.69, 9.17) is 9.15 Å². The van der Waals surface area contributed by atoms with Gasteiger partial charge in [-0.3, -0.25) is 9.59 Å². The Morgan fingerprint density at radius 3 is 2.87 bits per heavy atom. The van der Waals surface area contributed by atoms with E-state index >= 15 is 0 Å². The molecule has 5 nitrogen and oxygen atoms in total. The fourth-order valence-electron chi connectivity index (χ4n) is 2.48. The van der Waals surface area contributed by atoms with Crippen molar-refractivity contribution in [3.63, 3.8) is 0 Å². The number of ether oxygens (including phenoxy) is 1. The van der Waals surface area contributed by atoms with Crippen LogP contribution in [0.3, 0.4) is 0 Å². The molecule has 1 aromatic heterocycles. The van der Waals surface area contributed by atoms with Gasteiger partial charge in [-0.05, 0) is 37.8 Å². The molecule has 1 saturated carbocycles. The number of furan rings is 1. The van der Waals surface area contributed by atoms with Gasteiger partial charge in [0.1, 0.15) is 5.58 Å². The summed E-state index contributed by atoms with van der Waals surface area (Å²) < 4.78 is 10.7. The van der Waals surface area contributed by atoms with Crippen LogP contribution in [0.4, 0.5) is 0 Å². The van der Waals surface area contributed by atoms with Gasteiger partial charge >= 0.3 is 5.97 Å². The van der Waals surface area contributed by atoms with Crippen LogP contribution in [0.1, 0.15) is 37.8 Å². The van der Waals surface area contributed by atoms with E-state index in [2.05, 4.69) is 12.2 Å². The van der Waals surface area contributed by atoms with E-state index in [1.807, 2.05) is 18.2 Å². The van der Waals surface area contributed by atoms with Crippen molar-refractivity contribution in [3.05, 3.63) is 35.6 Å². The van der Waals surface area contributed by atoms with Crippen LogP contribution in [0.25, 0.3) is 11.0 Å². The first kappa shape index (κ1) is 15.6. The smallest absolute Gasteiger partial charge is 0.311 e. The van der Waals surface area contributed by atoms with Crippen molar-refractivity contribution < 1.29 is 18.7 Å². The first-order valence-electron chi connectivity index (χ1n) is 8.05. The van der Waals surface area contributed by atoms with Crippen LogP contribution in [-0.4, -0.2) is 24.0 Å². The minimum atomic E-state index is -0.770. The Hall–Kier alpha value is -2.30. The van der Waals surface area contributed by atoms with Gasteiger partial charge in [-0.15, -0.1) is 0 Å². The van der Waals surface area contributed by atoms with Gasteiger partial charge in [0.15, 0.2) is 6.10 Å². The van der Waals surface area contributed by atoms with Crippen LogP contribution in [0.15, 0.2) is 28.9 Å². The number of amides is 1. The number of carbonyl (C=O) groups excluding carboxylic acids is 2. The van der Waals surface area contributed by atoms with Gasteiger partial charge in [0.05, 0.1) is 12.7 Å². The third-order valence-electron chi connectivity index (χ3n) is 4.06. The zero-order chi connectivity index (χ0) is 16.4. The average molecular weight is 315 g/mol. The highest BCUT2D eigenvalue weighted by Crippen LogP contribution is 2.23. The fraction of sp³-hybridized carbons (Fsp3) is 0.444. The second-order valence-corrected chi connectivity index (χ2v) is 6.04. The second-order valence-electron chi connectivity index (χ2n) is 6.04. The quantitative estimate of drug-likeness (QED) is 0.832. The minimum absolute atomic E-state index is 0.0967. The van der Waals surface area contributed by atoms with Crippen molar-refractivity contribution in [2.24, 2.45) is 0 Å². The van der Waals surface area contributed by atoms with Gasteiger partial charge < -0.3 is 14.5 Å². The number of esters is 1. The summed E-state index contributed by atoms with van der Waals surface area (Å²) in [5.74, 6) is -0.656. The van der Waals surface area contributed by atoms with Crippen molar-refractivity contribution in [1.29, 1.82) is 0 Å². The molecule has 1 aliphatic rings. The highest BCUT2D eigenvalue weighted by Gasteiger charge is 2.27. The lowest BCUT2D eigenvalue weighted by atomic mass is 10.1. The molecule has 1 N–H and O–H groups in total. The molecular weight excluding hydrogens is 294 g/mol. The predicted molar refractivity (Wildman–Crippen MR) is 86.0 cm³/mol. The van der Waals surface area contributed by atoms with Crippen molar-refractivity contribution >= 4 is 22.8 Å². The molecule has 1 atom stereocenters. The van der Waals surface area contributed by atoms with Crippen molar-refractivity contribution in [2.45, 2.75) is 51.7 Å². The van der Waals surface area contributed by atoms with Crippen LogP contribution in [0.2, 0.25) is 0 Å². The second kappa shape index (κ2) is 6.44. The first-order valence-corrected chi connectivity index (χ1v) is 8.05. The summed E-state index contributed by atoms with van der Waals surface area (Å²) in [6, 6.07) is 6.23. The molecule has 1 aliphatic carbocycles. The molecule has 5 heteroatoms. The van der Waals surface area contributed by atoms with Crippen LogP contribution < -0.4 is 5.32 Å². The van der Waals surface area contributed by atoms with Gasteiger partial charge in [-0.2, -0.15) is 0 Å². The van der Waals surface area contributed by atoms with Crippen LogP contribution in [0.5, 0.6) is 0 Å². The van der Waals surface area contributed by atoms with E-state index in [0.29, 0.717) is 0 Å². The summed E-state index contributed by atoms with van der Waals surface area (Å²) >= 11 is 0. The van der Waals surface area contributed by atoms with E-state index in [1.54, 1.807) is 13.2 Å². The molecule has 0 radical (unpaired) electrons. The first-order chi connectivity index (χ1) is 11.1. The Balaban J connectivity index is 1.62. The maximum atomic E-state index is 12.0. The minimum Gasteiger partial charge on any atom is -0.464 e. The SMILES string of the molecule is CCc1ccc2c(CC(=O)O[C@@H](C)C(=O)NC3CC3)coc2c1. The third kappa shape index (κ3) is 3.73. The molecule has 122 valence electrons. The Bertz CT molecular complexity index is 730. The van der Waals surface area contributed by atoms with E-state index in [-0.39, 0.29) is 18.4 Å². The Morgan fingerprint density at radius 2 is 2.17 bits per heavy atom. The van der Waals surface area contributed by atoms with Gasteiger partial charge in [0, 0.05) is 17.0 Å². The standard InChI is InChI=1S/C18H21NO4/c1-3-12-4-7-15-13(10-22-16(15)8-12)9-17(20)23-11(2)18(21)19-14-5-6-14/h4,7-8,10-11,14H,3,5-6,9H2,1-2H3,(H,19,21)/t11-/m0/s1. The van der Waals surface area contributed by atoms with Crippen LogP contribution >= 0.6 is 0 Å². The lowest BCUT2D eigenvalue weighted by Crippen LogP contribution is -2.37. The van der Waals surface area contributed by atoms with Crippen LogP contribution in [-0.2, 0) is 27.2 Å². The molecule has 0 saturated heterocycles. The Morgan fingerprint density at radius 1 is 1.39 bits per heavy atom. The van der Waals surface area contributed by atoms with Gasteiger partial charge in [-0.25, -0.2) is 0 Å². The van der Waals surface area contributed by atoms with Crippen molar-refractivity contribution in [2.75, 3.05) is 0 Å². The molecule has 1 aromatic carbocycles. The van der Waals surface area contributed by atoms with E-state index in [9.17, 15) is 9.59 Å². The largest absolute Gasteiger partial charge is 0.464 e. The summed E-state index contributed by atoms with van der Waals surface area (Å²) in [6.45, 7) is 3.67. The molecule has 1 amide bonds. The Labute approximate surface area is 135 Å². The molecule has 0 unspecified atom stereocenters. The Kier molecular flexibility index (Phi) is 4.37. The average Bonchev–Trinajstić information content (AvgIpc) is 3.26. The maximum absolute atomic E-state index is 12.0. The number of rotatable bonds is 6. The third-order valence-corrected chi connectivity index (χ3v) is 4.06. The van der Waals surface area contributed by atoms with E-state index in [1.165, 1.54) is 5.56 Å². The number of hydrogen-bond donors (Lipinski definition) is 1. The molecule has 23 heavy (non-hydrogen) atoms. The highest BCUT2D eigenvalue weighted by atomic mass is 16.5. The fourth-order valence-corrected chi connectivity index (χ4v) is 2.48. The number of benzene rings is 1. The number of carbonyl (C=O) groups is 2. The summed E-state index contributed by atoms with van der Waals surface area (Å²) in [7, 11) is 0. The molecule has 0 aliphatic heterocycles. The lowest BCUT2D eigenvalue weighted by Gasteiger charge is -2.12. The molecule has 2 aromatic rings. The zero-order valence-corrected chi connectivity index (χ0v) is 13.4. The lowest BCUT2D eigenvalue weighted by molar-refractivity contribution is -0.154. The van der Waals surface area contributed by atoms with E-state index in [0.717, 1.165) is 35.8 Å². The summed E-state index contributed by atoms with van der Waals surface area (Å²) in [6.07, 6.45) is 3.86. The molecular formula is C18H21NO4. The summed E-state index contributed by atoms with van der Waals surface area (Å²) in [5.41, 5.74) is 2.74. The number of aryl methyl sites for hydroxylation is 1. The summed E-state index contributed by atoms with van der Waals surface area (Å²) in [4.78, 5) is 23.9. The summed E-state index contributed by atoms with van der Waals surface area (Å²) in [5, 5.41) is 3.74. The maximum Gasteiger partial charge on any atom is 0.311 e. The van der Waals surface area contributed by atoms with Crippen molar-refractivity contribution in [1.82, 2.24) is 5.32 Å². The highest BCUT2D eigenvalue weighted by molar-refractivity contribution is 5.88. The predicted octanol–water partition coefficient (Wildman–Crippen LogP) is 2.75. The monoisotopic (exact) mass is 315 g/mol. The number of nitrogens with one attached hydrogen (secondary N) is 1. The molecule has 1 fully saturated rings.